The molecule has 0 fully saturated rings. The maximum atomic E-state index is 11.9. The van der Waals surface area contributed by atoms with Crippen LogP contribution in [0.3, 0.4) is 0 Å². The van der Waals surface area contributed by atoms with E-state index in [0.717, 1.165) is 0 Å². The van der Waals surface area contributed by atoms with Crippen molar-refractivity contribution >= 4 is 0 Å². The van der Waals surface area contributed by atoms with Crippen LogP contribution in [0.2, 0.25) is 0 Å². The fourth-order valence-electron chi connectivity index (χ4n) is 0.743. The summed E-state index contributed by atoms with van der Waals surface area (Å²) in [5, 5.41) is 0. The van der Waals surface area contributed by atoms with E-state index >= 15 is 0 Å². The molecule has 0 N–H and O–H groups in total. The molecule has 0 nitrogen and oxygen atoms in total. The molecule has 2 rings (SSSR count). The number of halogens is 2. The third-order valence-corrected chi connectivity index (χ3v) is 1.34. The summed E-state index contributed by atoms with van der Waals surface area (Å²) < 4.78 is 23.7. The van der Waals surface area contributed by atoms with Gasteiger partial charge in [0.25, 0.3) is 0 Å². The van der Waals surface area contributed by atoms with E-state index in [9.17, 15) is 8.78 Å². The minimum absolute atomic E-state index is 0. The van der Waals surface area contributed by atoms with Crippen LogP contribution in [-0.4, -0.2) is 0 Å². The van der Waals surface area contributed by atoms with Gasteiger partial charge in [0.2, 0.25) is 0 Å². The van der Waals surface area contributed by atoms with Gasteiger partial charge in [0.05, 0.1) is 0 Å². The first kappa shape index (κ1) is 14.2. The third kappa shape index (κ3) is 7.19. The summed E-state index contributed by atoms with van der Waals surface area (Å²) in [5.74, 6) is -0.606. The summed E-state index contributed by atoms with van der Waals surface area (Å²) in [6, 6.07) is 17.2. The van der Waals surface area contributed by atoms with E-state index in [2.05, 4.69) is 12.1 Å². The molecule has 0 aliphatic rings. The Morgan fingerprint density at radius 3 is 1.27 bits per heavy atom. The number of rotatable bonds is 0. The first-order valence-corrected chi connectivity index (χ1v) is 4.03. The molecular formula is C12H8CdF2. The van der Waals surface area contributed by atoms with E-state index in [-0.39, 0.29) is 38.9 Å². The Hall–Kier alpha value is -0.778. The number of hydrogen-bond donors (Lipinski definition) is 0. The average molecular weight is 303 g/mol. The van der Waals surface area contributed by atoms with Gasteiger partial charge in [0.1, 0.15) is 0 Å². The second kappa shape index (κ2) is 8.52. The fraction of sp³-hybridized carbons (Fsp3) is 0. The van der Waals surface area contributed by atoms with Crippen LogP contribution in [0.1, 0.15) is 0 Å². The van der Waals surface area contributed by atoms with Crippen molar-refractivity contribution in [3.63, 3.8) is 0 Å². The van der Waals surface area contributed by atoms with E-state index < -0.39 is 0 Å². The van der Waals surface area contributed by atoms with Gasteiger partial charge >= 0.3 is 27.3 Å². The van der Waals surface area contributed by atoms with Gasteiger partial charge in [-0.15, -0.1) is 24.3 Å². The normalized spacial score (nSPS) is 8.13. The van der Waals surface area contributed by atoms with Crippen molar-refractivity contribution in [3.8, 4) is 0 Å². The van der Waals surface area contributed by atoms with Crippen LogP contribution in [0, 0.1) is 23.8 Å². The van der Waals surface area contributed by atoms with Crippen molar-refractivity contribution in [2.24, 2.45) is 0 Å². The maximum absolute atomic E-state index is 11.9. The molecule has 0 unspecified atom stereocenters. The molecule has 0 bridgehead atoms. The van der Waals surface area contributed by atoms with Crippen molar-refractivity contribution < 1.29 is 36.1 Å². The van der Waals surface area contributed by atoms with Crippen molar-refractivity contribution in [3.05, 3.63) is 72.3 Å². The topological polar surface area (TPSA) is 0 Å². The van der Waals surface area contributed by atoms with E-state index in [1.165, 1.54) is 24.3 Å². The quantitative estimate of drug-likeness (QED) is 0.518. The van der Waals surface area contributed by atoms with Gasteiger partial charge in [0, 0.05) is 11.6 Å². The molecule has 3 heteroatoms. The molecule has 15 heavy (non-hydrogen) atoms. The fourth-order valence-corrected chi connectivity index (χ4v) is 0.743. The summed E-state index contributed by atoms with van der Waals surface area (Å²) in [4.78, 5) is 0. The zero-order valence-corrected chi connectivity index (χ0v) is 12.1. The van der Waals surface area contributed by atoms with Crippen LogP contribution in [-0.2, 0) is 27.3 Å². The first-order chi connectivity index (χ1) is 6.79. The Kier molecular flexibility index (Phi) is 8.08. The largest absolute Gasteiger partial charge is 2.00 e. The molecule has 2 aromatic rings. The molecular weight excluding hydrogens is 295 g/mol. The van der Waals surface area contributed by atoms with Gasteiger partial charge in [0.15, 0.2) is 0 Å². The second-order valence-corrected chi connectivity index (χ2v) is 2.42. The van der Waals surface area contributed by atoms with Crippen LogP contribution in [0.4, 0.5) is 8.78 Å². The van der Waals surface area contributed by atoms with Crippen LogP contribution in [0.5, 0.6) is 0 Å². The summed E-state index contributed by atoms with van der Waals surface area (Å²) in [7, 11) is 0. The van der Waals surface area contributed by atoms with Gasteiger partial charge in [-0.05, 0) is 0 Å². The average Bonchev–Trinajstić information content (AvgIpc) is 2.21. The van der Waals surface area contributed by atoms with Crippen molar-refractivity contribution in [2.45, 2.75) is 0 Å². The Morgan fingerprint density at radius 1 is 0.733 bits per heavy atom. The second-order valence-electron chi connectivity index (χ2n) is 2.42. The summed E-state index contributed by atoms with van der Waals surface area (Å²) in [6.07, 6.45) is 0. The van der Waals surface area contributed by atoms with Gasteiger partial charge in [-0.25, -0.2) is 8.78 Å². The Bertz CT molecular complexity index is 311. The van der Waals surface area contributed by atoms with Gasteiger partial charge in [-0.3, -0.25) is 0 Å². The monoisotopic (exact) mass is 304 g/mol. The van der Waals surface area contributed by atoms with Crippen molar-refractivity contribution in [1.82, 2.24) is 0 Å². The minimum atomic E-state index is -0.303. The molecule has 0 amide bonds. The Balaban J connectivity index is 0.000000245. The van der Waals surface area contributed by atoms with Crippen LogP contribution in [0.15, 0.2) is 48.5 Å². The van der Waals surface area contributed by atoms with E-state index in [0.29, 0.717) is 0 Å². The molecule has 0 aliphatic heterocycles. The van der Waals surface area contributed by atoms with E-state index in [1.54, 1.807) is 24.3 Å². The Morgan fingerprint density at radius 2 is 1.13 bits per heavy atom. The van der Waals surface area contributed by atoms with Crippen molar-refractivity contribution in [1.29, 1.82) is 0 Å². The predicted octanol–water partition coefficient (Wildman–Crippen LogP) is 3.25. The third-order valence-electron chi connectivity index (χ3n) is 1.34. The minimum Gasteiger partial charge on any atom is -0.236 e. The number of benzene rings is 2. The summed E-state index contributed by atoms with van der Waals surface area (Å²) in [5.41, 5.74) is 0. The molecule has 2 aromatic carbocycles. The molecule has 72 valence electrons. The molecule has 0 saturated carbocycles. The SMILES string of the molecule is Fc1[c-]cccc1.Fc1[c-]cccc1.[Cd+2]. The molecule has 0 radical (unpaired) electrons. The van der Waals surface area contributed by atoms with Gasteiger partial charge < -0.3 is 0 Å². The first-order valence-electron chi connectivity index (χ1n) is 4.03. The number of hydrogen-bond acceptors (Lipinski definition) is 0. The summed E-state index contributed by atoms with van der Waals surface area (Å²) >= 11 is 0. The molecule has 0 saturated heterocycles. The zero-order chi connectivity index (χ0) is 10.2. The summed E-state index contributed by atoms with van der Waals surface area (Å²) in [6.45, 7) is 0. The molecule has 0 aliphatic carbocycles. The van der Waals surface area contributed by atoms with Crippen molar-refractivity contribution in [2.75, 3.05) is 0 Å². The zero-order valence-electron chi connectivity index (χ0n) is 8.08. The molecule has 0 heterocycles. The van der Waals surface area contributed by atoms with Gasteiger partial charge in [-0.1, -0.05) is 0 Å². The standard InChI is InChI=1S/2C6H4F.Cd/c2*7-6-4-2-1-3-5-6;/h2*1-4H;/q2*-1;+2. The van der Waals surface area contributed by atoms with Crippen LogP contribution in [0.25, 0.3) is 0 Å². The molecule has 0 aromatic heterocycles. The van der Waals surface area contributed by atoms with Gasteiger partial charge in [-0.2, -0.15) is 36.4 Å². The molecule has 0 spiro atoms. The molecule has 0 atom stereocenters. The van der Waals surface area contributed by atoms with Crippen LogP contribution >= 0.6 is 0 Å². The van der Waals surface area contributed by atoms with E-state index in [1.807, 2.05) is 0 Å². The predicted molar refractivity (Wildman–Crippen MR) is 50.5 cm³/mol. The Labute approximate surface area is 108 Å². The van der Waals surface area contributed by atoms with E-state index in [4.69, 9.17) is 0 Å². The maximum Gasteiger partial charge on any atom is 2.00 e. The van der Waals surface area contributed by atoms with Crippen LogP contribution < -0.4 is 0 Å². The smallest absolute Gasteiger partial charge is 0.236 e.